The van der Waals surface area contributed by atoms with E-state index in [9.17, 15) is 20.2 Å². The number of nitrogens with one attached hydrogen (secondary N) is 1. The number of non-ortho nitro benzene ring substituents is 1. The summed E-state index contributed by atoms with van der Waals surface area (Å²) in [5.74, 6) is 5.11. The zero-order valence-corrected chi connectivity index (χ0v) is 11.0. The number of nitro benzene ring substituents is 1. The van der Waals surface area contributed by atoms with Crippen molar-refractivity contribution in [3.63, 3.8) is 0 Å². The highest BCUT2D eigenvalue weighted by Gasteiger charge is 2.18. The fraction of sp³-hybridized carbons (Fsp3) is 0.182. The molecule has 10 nitrogen and oxygen atoms in total. The molecule has 0 spiro atoms. The minimum Gasteiger partial charge on any atom is -0.358 e. The van der Waals surface area contributed by atoms with Gasteiger partial charge in [0.15, 0.2) is 0 Å². The second-order valence-corrected chi connectivity index (χ2v) is 4.33. The number of hydrazine groups is 1. The topological polar surface area (TPSA) is 142 Å². The Labute approximate surface area is 118 Å². The van der Waals surface area contributed by atoms with Gasteiger partial charge in [-0.2, -0.15) is 4.68 Å². The standard InChI is InChI=1S/C11H12N6O4/c1-7-5-15(14-11(7)17(20)21)6-8-4-9(16(18)19)2-3-10(8)13-12/h2-5,13H,6,12H2,1H3. The van der Waals surface area contributed by atoms with Crippen molar-refractivity contribution < 1.29 is 9.85 Å². The van der Waals surface area contributed by atoms with Crippen LogP contribution in [0, 0.1) is 27.2 Å². The summed E-state index contributed by atoms with van der Waals surface area (Å²) in [6, 6.07) is 4.13. The first-order chi connectivity index (χ1) is 9.92. The fourth-order valence-electron chi connectivity index (χ4n) is 1.91. The predicted octanol–water partition coefficient (Wildman–Crippen LogP) is 1.34. The second-order valence-electron chi connectivity index (χ2n) is 4.33. The smallest absolute Gasteiger partial charge is 0.358 e. The maximum atomic E-state index is 10.8. The molecule has 10 heteroatoms. The number of nitro groups is 2. The van der Waals surface area contributed by atoms with Gasteiger partial charge in [-0.15, -0.1) is 0 Å². The van der Waals surface area contributed by atoms with Gasteiger partial charge in [-0.25, -0.2) is 0 Å². The molecule has 21 heavy (non-hydrogen) atoms. The first-order valence-corrected chi connectivity index (χ1v) is 5.84. The van der Waals surface area contributed by atoms with Crippen LogP contribution in [0.15, 0.2) is 24.4 Å². The van der Waals surface area contributed by atoms with E-state index >= 15 is 0 Å². The number of rotatable bonds is 5. The van der Waals surface area contributed by atoms with Crippen LogP contribution in [-0.4, -0.2) is 19.6 Å². The summed E-state index contributed by atoms with van der Waals surface area (Å²) < 4.78 is 1.34. The summed E-state index contributed by atoms with van der Waals surface area (Å²) in [5.41, 5.74) is 3.73. The van der Waals surface area contributed by atoms with Crippen LogP contribution in [0.25, 0.3) is 0 Å². The third-order valence-corrected chi connectivity index (χ3v) is 2.88. The van der Waals surface area contributed by atoms with E-state index in [4.69, 9.17) is 5.84 Å². The minimum atomic E-state index is -0.582. The van der Waals surface area contributed by atoms with Crippen molar-refractivity contribution in [2.24, 2.45) is 5.84 Å². The Hall–Kier alpha value is -3.01. The molecule has 1 aromatic carbocycles. The van der Waals surface area contributed by atoms with Crippen molar-refractivity contribution in [1.29, 1.82) is 0 Å². The number of nitrogen functional groups attached to an aromatic ring is 1. The van der Waals surface area contributed by atoms with Gasteiger partial charge < -0.3 is 15.5 Å². The molecule has 0 fully saturated rings. The largest absolute Gasteiger partial charge is 0.392 e. The first kappa shape index (κ1) is 14.4. The predicted molar refractivity (Wildman–Crippen MR) is 73.6 cm³/mol. The summed E-state index contributed by atoms with van der Waals surface area (Å²) in [4.78, 5) is 20.4. The van der Waals surface area contributed by atoms with Gasteiger partial charge in [0.2, 0.25) is 0 Å². The Kier molecular flexibility index (Phi) is 3.80. The Balaban J connectivity index is 2.38. The van der Waals surface area contributed by atoms with Gasteiger partial charge in [0.05, 0.1) is 34.0 Å². The van der Waals surface area contributed by atoms with E-state index in [1.54, 1.807) is 6.92 Å². The summed E-state index contributed by atoms with van der Waals surface area (Å²) in [7, 11) is 0. The van der Waals surface area contributed by atoms with Gasteiger partial charge in [0, 0.05) is 17.7 Å². The normalized spacial score (nSPS) is 10.4. The van der Waals surface area contributed by atoms with E-state index < -0.39 is 9.85 Å². The lowest BCUT2D eigenvalue weighted by atomic mass is 10.1. The third kappa shape index (κ3) is 2.95. The summed E-state index contributed by atoms with van der Waals surface area (Å²) in [6.07, 6.45) is 1.50. The highest BCUT2D eigenvalue weighted by Crippen LogP contribution is 2.23. The van der Waals surface area contributed by atoms with Crippen molar-refractivity contribution >= 4 is 17.2 Å². The van der Waals surface area contributed by atoms with E-state index in [0.717, 1.165) is 0 Å². The van der Waals surface area contributed by atoms with Gasteiger partial charge >= 0.3 is 5.82 Å². The lowest BCUT2D eigenvalue weighted by molar-refractivity contribution is -0.390. The summed E-state index contributed by atoms with van der Waals surface area (Å²) >= 11 is 0. The molecular formula is C11H12N6O4. The number of hydrogen-bond acceptors (Lipinski definition) is 7. The zero-order chi connectivity index (χ0) is 15.6. The van der Waals surface area contributed by atoms with Crippen LogP contribution in [0.4, 0.5) is 17.2 Å². The molecule has 0 radical (unpaired) electrons. The van der Waals surface area contributed by atoms with E-state index in [2.05, 4.69) is 10.5 Å². The summed E-state index contributed by atoms with van der Waals surface area (Å²) in [6.45, 7) is 1.69. The number of aromatic nitrogens is 2. The molecule has 0 saturated carbocycles. The van der Waals surface area contributed by atoms with Gasteiger partial charge in [-0.1, -0.05) is 0 Å². The highest BCUT2D eigenvalue weighted by molar-refractivity contribution is 5.55. The van der Waals surface area contributed by atoms with Gasteiger partial charge in [-0.05, 0) is 17.9 Å². The molecule has 0 unspecified atom stereocenters. The quantitative estimate of drug-likeness (QED) is 0.481. The van der Waals surface area contributed by atoms with E-state index in [-0.39, 0.29) is 18.1 Å². The van der Waals surface area contributed by atoms with Crippen LogP contribution < -0.4 is 11.3 Å². The molecule has 110 valence electrons. The molecule has 0 aliphatic rings. The molecule has 0 aliphatic carbocycles. The fourth-order valence-corrected chi connectivity index (χ4v) is 1.91. The average Bonchev–Trinajstić information content (AvgIpc) is 2.79. The van der Waals surface area contributed by atoms with Crippen molar-refractivity contribution in [3.05, 3.63) is 55.8 Å². The molecule has 2 rings (SSSR count). The number of benzene rings is 1. The van der Waals surface area contributed by atoms with Crippen molar-refractivity contribution in [3.8, 4) is 0 Å². The summed E-state index contributed by atoms with van der Waals surface area (Å²) in [5, 5.41) is 25.4. The lowest BCUT2D eigenvalue weighted by Gasteiger charge is -2.07. The van der Waals surface area contributed by atoms with Gasteiger partial charge in [0.25, 0.3) is 5.69 Å². The molecule has 2 aromatic rings. The second kappa shape index (κ2) is 5.54. The SMILES string of the molecule is Cc1cn(Cc2cc([N+](=O)[O-])ccc2NN)nc1[N+](=O)[O-]. The third-order valence-electron chi connectivity index (χ3n) is 2.88. The Morgan fingerprint density at radius 1 is 1.33 bits per heavy atom. The first-order valence-electron chi connectivity index (χ1n) is 5.84. The molecule has 0 atom stereocenters. The Morgan fingerprint density at radius 3 is 2.57 bits per heavy atom. The van der Waals surface area contributed by atoms with E-state index in [0.29, 0.717) is 16.8 Å². The minimum absolute atomic E-state index is 0.0950. The lowest BCUT2D eigenvalue weighted by Crippen LogP contribution is -2.11. The maximum Gasteiger partial charge on any atom is 0.392 e. The number of nitrogens with zero attached hydrogens (tertiary/aromatic N) is 4. The number of anilines is 1. The maximum absolute atomic E-state index is 10.8. The van der Waals surface area contributed by atoms with Crippen LogP contribution in [0.3, 0.4) is 0 Å². The van der Waals surface area contributed by atoms with E-state index in [1.807, 2.05) is 0 Å². The highest BCUT2D eigenvalue weighted by atomic mass is 16.6. The molecule has 3 N–H and O–H groups in total. The van der Waals surface area contributed by atoms with Crippen LogP contribution in [0.5, 0.6) is 0 Å². The molecule has 0 saturated heterocycles. The molecular weight excluding hydrogens is 280 g/mol. The van der Waals surface area contributed by atoms with Crippen LogP contribution in [0.2, 0.25) is 0 Å². The molecule has 1 aromatic heterocycles. The molecule has 1 heterocycles. The Bertz CT molecular complexity index is 711. The van der Waals surface area contributed by atoms with Gasteiger partial charge in [0.1, 0.15) is 0 Å². The number of aryl methyl sites for hydroxylation is 1. The number of hydrogen-bond donors (Lipinski definition) is 2. The van der Waals surface area contributed by atoms with Crippen LogP contribution in [-0.2, 0) is 6.54 Å². The van der Waals surface area contributed by atoms with Crippen molar-refractivity contribution in [2.75, 3.05) is 5.43 Å². The van der Waals surface area contributed by atoms with Crippen molar-refractivity contribution in [1.82, 2.24) is 9.78 Å². The van der Waals surface area contributed by atoms with Crippen molar-refractivity contribution in [2.45, 2.75) is 13.5 Å². The molecule has 0 amide bonds. The molecule has 0 bridgehead atoms. The monoisotopic (exact) mass is 292 g/mol. The van der Waals surface area contributed by atoms with Crippen LogP contribution in [0.1, 0.15) is 11.1 Å². The molecule has 0 aliphatic heterocycles. The van der Waals surface area contributed by atoms with Gasteiger partial charge in [-0.3, -0.25) is 16.0 Å². The van der Waals surface area contributed by atoms with E-state index in [1.165, 1.54) is 29.1 Å². The van der Waals surface area contributed by atoms with Crippen LogP contribution >= 0.6 is 0 Å². The zero-order valence-electron chi connectivity index (χ0n) is 11.0. The number of nitrogens with two attached hydrogens (primary N) is 1. The Morgan fingerprint density at radius 2 is 2.05 bits per heavy atom. The average molecular weight is 292 g/mol.